The number of benzene rings is 3. The Hall–Kier alpha value is -4.41. The lowest BCUT2D eigenvalue weighted by molar-refractivity contribution is -0.135. The summed E-state index contributed by atoms with van der Waals surface area (Å²) in [5.74, 6) is -3.57. The van der Waals surface area contributed by atoms with Crippen molar-refractivity contribution in [2.24, 2.45) is 0 Å². The van der Waals surface area contributed by atoms with Crippen molar-refractivity contribution >= 4 is 28.5 Å². The lowest BCUT2D eigenvalue weighted by Gasteiger charge is -2.29. The second kappa shape index (κ2) is 8.32. The fraction of sp³-hybridized carbons (Fsp3) is 0.154. The molecule has 10 nitrogen and oxygen atoms in total. The van der Waals surface area contributed by atoms with Gasteiger partial charge < -0.3 is 39.1 Å². The average Bonchev–Trinajstić information content (AvgIpc) is 2.86. The smallest absolute Gasteiger partial charge is 0.312 e. The third-order valence-corrected chi connectivity index (χ3v) is 6.60. The van der Waals surface area contributed by atoms with E-state index in [0.717, 1.165) is 18.2 Å². The molecule has 3 heterocycles. The van der Waals surface area contributed by atoms with Crippen LogP contribution in [0, 0.1) is 0 Å². The Balaban J connectivity index is 1.68. The van der Waals surface area contributed by atoms with Gasteiger partial charge in [-0.05, 0) is 30.3 Å². The maximum absolute atomic E-state index is 13.2. The van der Waals surface area contributed by atoms with Crippen molar-refractivity contribution in [3.05, 3.63) is 68.3 Å². The summed E-state index contributed by atoms with van der Waals surface area (Å²) in [6.07, 6.45) is -0.163. The van der Waals surface area contributed by atoms with E-state index in [1.54, 1.807) is 12.1 Å². The molecule has 37 heavy (non-hydrogen) atoms. The number of halogens is 1. The summed E-state index contributed by atoms with van der Waals surface area (Å²) in [6, 6.07) is 8.03. The van der Waals surface area contributed by atoms with Gasteiger partial charge in [-0.15, -0.1) is 0 Å². The van der Waals surface area contributed by atoms with Gasteiger partial charge in [0.1, 0.15) is 28.2 Å². The van der Waals surface area contributed by atoms with Crippen LogP contribution in [0.5, 0.6) is 34.5 Å². The van der Waals surface area contributed by atoms with Crippen molar-refractivity contribution in [3.63, 3.8) is 0 Å². The van der Waals surface area contributed by atoms with Crippen molar-refractivity contribution in [3.8, 4) is 45.8 Å². The summed E-state index contributed by atoms with van der Waals surface area (Å²) in [5, 5.41) is 41.0. The van der Waals surface area contributed by atoms with Crippen molar-refractivity contribution < 1.29 is 43.8 Å². The highest BCUT2D eigenvalue weighted by Gasteiger charge is 2.37. The fourth-order valence-corrected chi connectivity index (χ4v) is 5.02. The molecule has 0 fully saturated rings. The average molecular weight is 525 g/mol. The molecule has 6 rings (SSSR count). The molecule has 1 aromatic heterocycles. The molecule has 0 saturated heterocycles. The van der Waals surface area contributed by atoms with Crippen LogP contribution in [0.25, 0.3) is 22.3 Å². The molecule has 0 saturated carbocycles. The van der Waals surface area contributed by atoms with Gasteiger partial charge in [0.25, 0.3) is 0 Å². The topological polar surface area (TPSA) is 156 Å². The molecule has 4 N–H and O–H groups in total. The number of rotatable bonds is 2. The first-order valence-electron chi connectivity index (χ1n) is 11.0. The first-order chi connectivity index (χ1) is 17.7. The molecule has 11 heteroatoms. The van der Waals surface area contributed by atoms with Crippen LogP contribution in [-0.4, -0.2) is 33.2 Å². The highest BCUT2D eigenvalue weighted by atomic mass is 35.5. The number of hydrogen-bond acceptors (Lipinski definition) is 10. The number of phenolic OH excluding ortho intramolecular Hbond substituents is 3. The van der Waals surface area contributed by atoms with Gasteiger partial charge >= 0.3 is 5.97 Å². The Bertz CT molecular complexity index is 1690. The number of carbonyl (C=O) groups is 1. The molecule has 188 valence electrons. The number of fused-ring (bicyclic) bond motifs is 4. The summed E-state index contributed by atoms with van der Waals surface area (Å²) in [4.78, 5) is 25.8. The largest absolute Gasteiger partial charge is 0.507 e. The molecule has 3 aromatic carbocycles. The van der Waals surface area contributed by atoms with E-state index >= 15 is 0 Å². The normalized spacial score (nSPS) is 16.6. The molecule has 2 aliphatic rings. The second-order valence-corrected chi connectivity index (χ2v) is 9.09. The molecule has 1 atom stereocenters. The quantitative estimate of drug-likeness (QED) is 0.170. The lowest BCUT2D eigenvalue weighted by atomic mass is 9.83. The number of ether oxygens (including phenoxy) is 3. The predicted molar refractivity (Wildman–Crippen MR) is 128 cm³/mol. The van der Waals surface area contributed by atoms with Crippen molar-refractivity contribution in [2.45, 2.75) is 18.9 Å². The van der Waals surface area contributed by atoms with Gasteiger partial charge in [-0.2, -0.15) is 0 Å². The minimum absolute atomic E-state index is 0.0145. The summed E-state index contributed by atoms with van der Waals surface area (Å²) >= 11 is 6.37. The number of esters is 1. The van der Waals surface area contributed by atoms with Crippen LogP contribution in [-0.2, 0) is 16.1 Å². The molecule has 0 aliphatic carbocycles. The molecule has 1 unspecified atom stereocenters. The van der Waals surface area contributed by atoms with Gasteiger partial charge in [-0.25, -0.2) is 0 Å². The number of aromatic hydroxyl groups is 4. The monoisotopic (exact) mass is 524 g/mol. The number of phenols is 3. The van der Waals surface area contributed by atoms with Crippen LogP contribution in [0.1, 0.15) is 29.0 Å². The van der Waals surface area contributed by atoms with Crippen LogP contribution in [0.15, 0.2) is 45.6 Å². The summed E-state index contributed by atoms with van der Waals surface area (Å²) in [6.45, 7) is 0.222. The van der Waals surface area contributed by atoms with Gasteiger partial charge in [0, 0.05) is 39.3 Å². The molecule has 0 amide bonds. The Kier molecular flexibility index (Phi) is 5.18. The van der Waals surface area contributed by atoms with Gasteiger partial charge in [-0.3, -0.25) is 9.59 Å². The summed E-state index contributed by atoms with van der Waals surface area (Å²) in [5.41, 5.74) is 0.435. The Morgan fingerprint density at radius 1 is 0.946 bits per heavy atom. The van der Waals surface area contributed by atoms with E-state index in [1.807, 2.05) is 0 Å². The van der Waals surface area contributed by atoms with Crippen LogP contribution in [0.3, 0.4) is 0 Å². The van der Waals surface area contributed by atoms with Crippen LogP contribution in [0.2, 0.25) is 5.02 Å². The number of carbonyl (C=O) groups excluding carboxylic acids is 1. The molecule has 4 aromatic rings. The highest BCUT2D eigenvalue weighted by molar-refractivity contribution is 6.30. The molecule has 2 aliphatic heterocycles. The van der Waals surface area contributed by atoms with Crippen molar-refractivity contribution in [1.29, 1.82) is 0 Å². The van der Waals surface area contributed by atoms with Gasteiger partial charge in [0.15, 0.2) is 24.1 Å². The molecule has 0 spiro atoms. The van der Waals surface area contributed by atoms with Crippen molar-refractivity contribution in [2.75, 3.05) is 6.79 Å². The highest BCUT2D eigenvalue weighted by Crippen LogP contribution is 2.50. The van der Waals surface area contributed by atoms with E-state index in [4.69, 9.17) is 30.2 Å². The summed E-state index contributed by atoms with van der Waals surface area (Å²) < 4.78 is 22.5. The van der Waals surface area contributed by atoms with Crippen molar-refractivity contribution in [1.82, 2.24) is 0 Å². The van der Waals surface area contributed by atoms with E-state index in [9.17, 15) is 30.0 Å². The van der Waals surface area contributed by atoms with E-state index < -0.39 is 40.3 Å². The van der Waals surface area contributed by atoms with E-state index in [1.165, 1.54) is 6.07 Å². The Morgan fingerprint density at radius 3 is 2.54 bits per heavy atom. The lowest BCUT2D eigenvalue weighted by Crippen LogP contribution is -2.23. The predicted octanol–water partition coefficient (Wildman–Crippen LogP) is 4.24. The van der Waals surface area contributed by atoms with Gasteiger partial charge in [0.2, 0.25) is 11.2 Å². The second-order valence-electron chi connectivity index (χ2n) is 8.65. The van der Waals surface area contributed by atoms with E-state index in [0.29, 0.717) is 21.9 Å². The van der Waals surface area contributed by atoms with Gasteiger partial charge in [0.05, 0.1) is 13.0 Å². The molecule has 0 bridgehead atoms. The first-order valence-corrected chi connectivity index (χ1v) is 11.4. The third-order valence-electron chi connectivity index (χ3n) is 6.38. The molecular weight excluding hydrogens is 508 g/mol. The zero-order valence-electron chi connectivity index (χ0n) is 18.8. The molecule has 0 radical (unpaired) electrons. The molecular formula is C26H17ClO10. The summed E-state index contributed by atoms with van der Waals surface area (Å²) in [7, 11) is 0. The standard InChI is InChI=1S/C26H17ClO10/c27-12-3-11-8-34-9-35-24(11)14(5-12)13-6-19(31)36-18-7-17(30)21-22(32)23(33)25(37-26(21)20(13)18)10-1-2-15(28)16(29)4-10/h1-5,7,13,28-30,33H,6,8-9H2. The SMILES string of the molecule is O=C1CC(c2cc(Cl)cc3c2OCOC3)c2c(cc(O)c3c(=O)c(O)c(-c4ccc(O)c(O)c4)oc23)O1. The Morgan fingerprint density at radius 2 is 1.76 bits per heavy atom. The minimum atomic E-state index is -0.947. The first kappa shape index (κ1) is 23.0. The maximum Gasteiger partial charge on any atom is 0.312 e. The maximum atomic E-state index is 13.2. The zero-order valence-corrected chi connectivity index (χ0v) is 19.5. The van der Waals surface area contributed by atoms with E-state index in [2.05, 4.69) is 0 Å². The van der Waals surface area contributed by atoms with Gasteiger partial charge in [-0.1, -0.05) is 11.6 Å². The van der Waals surface area contributed by atoms with Crippen LogP contribution in [0.4, 0.5) is 0 Å². The zero-order chi connectivity index (χ0) is 26.0. The minimum Gasteiger partial charge on any atom is -0.507 e. The fourth-order valence-electron chi connectivity index (χ4n) is 4.78. The third kappa shape index (κ3) is 3.61. The van der Waals surface area contributed by atoms with E-state index in [-0.39, 0.29) is 53.4 Å². The van der Waals surface area contributed by atoms with Crippen LogP contribution >= 0.6 is 11.6 Å². The Labute approximate surface area is 212 Å². The van der Waals surface area contributed by atoms with Crippen LogP contribution < -0.4 is 14.9 Å². The number of hydrogen-bond donors (Lipinski definition) is 4.